The summed E-state index contributed by atoms with van der Waals surface area (Å²) < 4.78 is 0. The second-order valence-corrected chi connectivity index (χ2v) is 5.60. The van der Waals surface area contributed by atoms with Crippen LogP contribution >= 0.6 is 0 Å². The van der Waals surface area contributed by atoms with Gasteiger partial charge in [-0.1, -0.05) is 44.2 Å². The van der Waals surface area contributed by atoms with Crippen molar-refractivity contribution >= 4 is 11.5 Å². The zero-order valence-electron chi connectivity index (χ0n) is 10.6. The van der Waals surface area contributed by atoms with E-state index in [0.29, 0.717) is 25.2 Å². The monoisotopic (exact) mass is 229 g/mol. The Labute approximate surface area is 103 Å². The Morgan fingerprint density at radius 2 is 1.88 bits per heavy atom. The summed E-state index contributed by atoms with van der Waals surface area (Å²) in [5.41, 5.74) is 2.36. The van der Waals surface area contributed by atoms with Gasteiger partial charge in [0.15, 0.2) is 0 Å². The molecule has 0 N–H and O–H groups in total. The average molecular weight is 229 g/mol. The van der Waals surface area contributed by atoms with Gasteiger partial charge in [0.2, 0.25) is 0 Å². The van der Waals surface area contributed by atoms with Crippen molar-refractivity contribution in [2.24, 2.45) is 10.4 Å². The third kappa shape index (κ3) is 3.52. The summed E-state index contributed by atoms with van der Waals surface area (Å²) in [5.74, 6) is 0.327. The summed E-state index contributed by atoms with van der Waals surface area (Å²) in [6.07, 6.45) is 2.19. The Morgan fingerprint density at radius 3 is 2.53 bits per heavy atom. The summed E-state index contributed by atoms with van der Waals surface area (Å²) in [4.78, 5) is 16.2. The number of ketones is 1. The SMILES string of the molecule is CC1(C)CC(=O)CC(=NCc2ccccc2)C1. The molecule has 1 fully saturated rings. The van der Waals surface area contributed by atoms with Crippen molar-refractivity contribution in [3.8, 4) is 0 Å². The van der Waals surface area contributed by atoms with E-state index in [4.69, 9.17) is 0 Å². The molecule has 0 aliphatic heterocycles. The third-order valence-corrected chi connectivity index (χ3v) is 3.09. The summed E-state index contributed by atoms with van der Waals surface area (Å²) in [6, 6.07) is 10.2. The van der Waals surface area contributed by atoms with Crippen LogP contribution in [0.15, 0.2) is 35.3 Å². The largest absolute Gasteiger partial charge is 0.299 e. The van der Waals surface area contributed by atoms with Gasteiger partial charge in [-0.05, 0) is 17.4 Å². The molecule has 0 unspecified atom stereocenters. The normalized spacial score (nSPS) is 21.8. The van der Waals surface area contributed by atoms with E-state index in [1.165, 1.54) is 5.56 Å². The first-order chi connectivity index (χ1) is 8.05. The van der Waals surface area contributed by atoms with E-state index in [2.05, 4.69) is 31.0 Å². The maximum atomic E-state index is 11.6. The van der Waals surface area contributed by atoms with Crippen molar-refractivity contribution in [2.75, 3.05) is 0 Å². The molecule has 2 nitrogen and oxygen atoms in total. The van der Waals surface area contributed by atoms with Crippen LogP contribution in [0, 0.1) is 5.41 Å². The first-order valence-electron chi connectivity index (χ1n) is 6.13. The predicted molar refractivity (Wildman–Crippen MR) is 70.2 cm³/mol. The van der Waals surface area contributed by atoms with Gasteiger partial charge >= 0.3 is 0 Å². The minimum atomic E-state index is 0.0881. The molecule has 17 heavy (non-hydrogen) atoms. The topological polar surface area (TPSA) is 29.4 Å². The number of carbonyl (C=O) groups excluding carboxylic acids is 1. The quantitative estimate of drug-likeness (QED) is 0.764. The van der Waals surface area contributed by atoms with E-state index in [0.717, 1.165) is 12.1 Å². The number of Topliss-reactive ketones (excluding diaryl/α,β-unsaturated/α-hetero) is 1. The van der Waals surface area contributed by atoms with Gasteiger partial charge in [-0.15, -0.1) is 0 Å². The predicted octanol–water partition coefficient (Wildman–Crippen LogP) is 3.41. The lowest BCUT2D eigenvalue weighted by atomic mass is 9.76. The van der Waals surface area contributed by atoms with Gasteiger partial charge in [0, 0.05) is 18.6 Å². The van der Waals surface area contributed by atoms with Gasteiger partial charge in [-0.3, -0.25) is 9.79 Å². The fourth-order valence-corrected chi connectivity index (χ4v) is 2.40. The van der Waals surface area contributed by atoms with E-state index in [-0.39, 0.29) is 5.41 Å². The number of hydrogen-bond acceptors (Lipinski definition) is 2. The van der Waals surface area contributed by atoms with Crippen molar-refractivity contribution in [3.05, 3.63) is 35.9 Å². The van der Waals surface area contributed by atoms with Gasteiger partial charge in [0.25, 0.3) is 0 Å². The molecule has 90 valence electrons. The summed E-state index contributed by atoms with van der Waals surface area (Å²) >= 11 is 0. The van der Waals surface area contributed by atoms with Gasteiger partial charge in [-0.25, -0.2) is 0 Å². The Balaban J connectivity index is 2.05. The molecule has 0 saturated heterocycles. The average Bonchev–Trinajstić information content (AvgIpc) is 2.25. The molecular weight excluding hydrogens is 210 g/mol. The molecule has 0 radical (unpaired) electrons. The van der Waals surface area contributed by atoms with Gasteiger partial charge in [-0.2, -0.15) is 0 Å². The van der Waals surface area contributed by atoms with E-state index in [1.54, 1.807) is 0 Å². The lowest BCUT2D eigenvalue weighted by Gasteiger charge is -2.29. The first-order valence-corrected chi connectivity index (χ1v) is 6.13. The van der Waals surface area contributed by atoms with Crippen molar-refractivity contribution < 1.29 is 4.79 Å². The molecule has 2 heteroatoms. The molecule has 1 aromatic rings. The van der Waals surface area contributed by atoms with Crippen LogP contribution in [-0.4, -0.2) is 11.5 Å². The Hall–Kier alpha value is -1.44. The fourth-order valence-electron chi connectivity index (χ4n) is 2.40. The Kier molecular flexibility index (Phi) is 3.41. The smallest absolute Gasteiger partial charge is 0.139 e. The van der Waals surface area contributed by atoms with Crippen LogP contribution in [0.3, 0.4) is 0 Å². The molecule has 0 amide bonds. The van der Waals surface area contributed by atoms with E-state index >= 15 is 0 Å². The van der Waals surface area contributed by atoms with Crippen molar-refractivity contribution in [1.29, 1.82) is 0 Å². The standard InChI is InChI=1S/C15H19NO/c1-15(2)9-13(8-14(17)10-15)16-11-12-6-4-3-5-7-12/h3-7H,8-11H2,1-2H3. The maximum Gasteiger partial charge on any atom is 0.139 e. The molecular formula is C15H19NO. The van der Waals surface area contributed by atoms with Gasteiger partial charge in [0.05, 0.1) is 6.54 Å². The number of rotatable bonds is 2. The molecule has 0 aromatic heterocycles. The number of hydrogen-bond donors (Lipinski definition) is 0. The van der Waals surface area contributed by atoms with Crippen molar-refractivity contribution in [1.82, 2.24) is 0 Å². The molecule has 1 aromatic carbocycles. The van der Waals surface area contributed by atoms with E-state index < -0.39 is 0 Å². The first kappa shape index (κ1) is 12.0. The molecule has 2 rings (SSSR count). The number of carbonyl (C=O) groups is 1. The molecule has 1 saturated carbocycles. The number of benzene rings is 1. The lowest BCUT2D eigenvalue weighted by molar-refractivity contribution is -0.120. The Morgan fingerprint density at radius 1 is 1.18 bits per heavy atom. The maximum absolute atomic E-state index is 11.6. The summed E-state index contributed by atoms with van der Waals surface area (Å²) in [6.45, 7) is 4.98. The van der Waals surface area contributed by atoms with Crippen LogP contribution in [0.1, 0.15) is 38.7 Å². The number of nitrogens with zero attached hydrogens (tertiary/aromatic N) is 1. The number of aliphatic imine (C=N–C) groups is 1. The zero-order valence-corrected chi connectivity index (χ0v) is 10.6. The van der Waals surface area contributed by atoms with Crippen LogP contribution in [0.4, 0.5) is 0 Å². The molecule has 0 atom stereocenters. The highest BCUT2D eigenvalue weighted by Gasteiger charge is 2.29. The van der Waals surface area contributed by atoms with E-state index in [9.17, 15) is 4.79 Å². The summed E-state index contributed by atoms with van der Waals surface area (Å²) in [7, 11) is 0. The second-order valence-electron chi connectivity index (χ2n) is 5.60. The van der Waals surface area contributed by atoms with Gasteiger partial charge in [0.1, 0.15) is 5.78 Å². The Bertz CT molecular complexity index is 431. The van der Waals surface area contributed by atoms with Crippen LogP contribution in [0.5, 0.6) is 0 Å². The van der Waals surface area contributed by atoms with Crippen molar-refractivity contribution in [3.63, 3.8) is 0 Å². The highest BCUT2D eigenvalue weighted by molar-refractivity contribution is 6.04. The van der Waals surface area contributed by atoms with Crippen LogP contribution in [0.2, 0.25) is 0 Å². The minimum Gasteiger partial charge on any atom is -0.299 e. The van der Waals surface area contributed by atoms with Crippen LogP contribution in [0.25, 0.3) is 0 Å². The lowest BCUT2D eigenvalue weighted by Crippen LogP contribution is -2.29. The molecule has 0 heterocycles. The van der Waals surface area contributed by atoms with Crippen molar-refractivity contribution in [2.45, 2.75) is 39.7 Å². The fraction of sp³-hybridized carbons (Fsp3) is 0.467. The highest BCUT2D eigenvalue weighted by Crippen LogP contribution is 2.31. The van der Waals surface area contributed by atoms with Crippen LogP contribution < -0.4 is 0 Å². The third-order valence-electron chi connectivity index (χ3n) is 3.09. The van der Waals surface area contributed by atoms with Crippen LogP contribution in [-0.2, 0) is 11.3 Å². The minimum absolute atomic E-state index is 0.0881. The highest BCUT2D eigenvalue weighted by atomic mass is 16.1. The molecule has 0 spiro atoms. The molecule has 1 aliphatic rings. The van der Waals surface area contributed by atoms with E-state index in [1.807, 2.05) is 18.2 Å². The second kappa shape index (κ2) is 4.82. The summed E-state index contributed by atoms with van der Waals surface area (Å²) in [5, 5.41) is 0. The van der Waals surface area contributed by atoms with Gasteiger partial charge < -0.3 is 0 Å². The molecule has 1 aliphatic carbocycles. The molecule has 0 bridgehead atoms. The zero-order chi connectivity index (χ0) is 12.3.